The molecule has 0 aromatic rings. The normalized spacial score (nSPS) is 35.4. The zero-order chi connectivity index (χ0) is 12.6. The second-order valence-corrected chi connectivity index (χ2v) is 7.18. The summed E-state index contributed by atoms with van der Waals surface area (Å²) >= 11 is 0. The number of carboxylic acid groups (broad SMARTS) is 1. The van der Waals surface area contributed by atoms with E-state index in [4.69, 9.17) is 0 Å². The Hall–Kier alpha value is -0.530. The second-order valence-electron chi connectivity index (χ2n) is 7.18. The number of hydrogen-bond acceptors (Lipinski definition) is 1. The molecule has 0 bridgehead atoms. The molecule has 2 heteroatoms. The number of hydrogen-bond donors (Lipinski definition) is 1. The summed E-state index contributed by atoms with van der Waals surface area (Å²) in [5, 5.41) is 9.37. The second kappa shape index (κ2) is 4.62. The summed E-state index contributed by atoms with van der Waals surface area (Å²) in [6.45, 7) is 6.91. The largest absolute Gasteiger partial charge is 0.481 e. The topological polar surface area (TPSA) is 37.3 Å². The van der Waals surface area contributed by atoms with E-state index >= 15 is 0 Å². The third-order valence-corrected chi connectivity index (χ3v) is 5.20. The molecule has 0 spiro atoms. The van der Waals surface area contributed by atoms with Crippen LogP contribution in [0.2, 0.25) is 0 Å². The average Bonchev–Trinajstić information content (AvgIpc) is 2.13. The number of carbonyl (C=O) groups is 1. The van der Waals surface area contributed by atoms with E-state index in [0.717, 1.165) is 19.3 Å². The molecule has 17 heavy (non-hydrogen) atoms. The molecule has 0 radical (unpaired) electrons. The molecule has 0 aromatic heterocycles. The molecular weight excluding hydrogens is 212 g/mol. The summed E-state index contributed by atoms with van der Waals surface area (Å²) in [6.07, 6.45) is 7.00. The van der Waals surface area contributed by atoms with Crippen molar-refractivity contribution in [3.8, 4) is 0 Å². The third-order valence-electron chi connectivity index (χ3n) is 5.20. The molecule has 3 atom stereocenters. The zero-order valence-corrected chi connectivity index (χ0v) is 11.4. The van der Waals surface area contributed by atoms with Gasteiger partial charge in [0.2, 0.25) is 0 Å². The van der Waals surface area contributed by atoms with Crippen molar-refractivity contribution in [1.29, 1.82) is 0 Å². The highest BCUT2D eigenvalue weighted by Gasteiger charge is 2.43. The summed E-state index contributed by atoms with van der Waals surface area (Å²) in [7, 11) is 0. The highest BCUT2D eigenvalue weighted by Crippen LogP contribution is 2.49. The van der Waals surface area contributed by atoms with Gasteiger partial charge in [-0.05, 0) is 42.4 Å². The predicted molar refractivity (Wildman–Crippen MR) is 68.8 cm³/mol. The maximum atomic E-state index is 11.4. The molecule has 98 valence electrons. The van der Waals surface area contributed by atoms with Crippen molar-refractivity contribution in [2.45, 2.75) is 59.3 Å². The Kier molecular flexibility index (Phi) is 3.51. The van der Waals surface area contributed by atoms with Gasteiger partial charge in [0.05, 0.1) is 5.92 Å². The molecule has 2 aliphatic rings. The lowest BCUT2D eigenvalue weighted by atomic mass is 9.59. The van der Waals surface area contributed by atoms with E-state index in [0.29, 0.717) is 23.2 Å². The lowest BCUT2D eigenvalue weighted by Crippen LogP contribution is -2.40. The number of carboxylic acids is 1. The lowest BCUT2D eigenvalue weighted by molar-refractivity contribution is -0.148. The molecule has 2 aliphatic carbocycles. The van der Waals surface area contributed by atoms with Gasteiger partial charge in [0.15, 0.2) is 0 Å². The van der Waals surface area contributed by atoms with E-state index in [-0.39, 0.29) is 5.92 Å². The Balaban J connectivity index is 2.07. The van der Waals surface area contributed by atoms with Crippen molar-refractivity contribution in [3.63, 3.8) is 0 Å². The van der Waals surface area contributed by atoms with Crippen LogP contribution in [0.3, 0.4) is 0 Å². The van der Waals surface area contributed by atoms with E-state index in [1.165, 1.54) is 19.3 Å². The Morgan fingerprint density at radius 1 is 1.12 bits per heavy atom. The van der Waals surface area contributed by atoms with Crippen LogP contribution >= 0.6 is 0 Å². The van der Waals surface area contributed by atoms with Gasteiger partial charge in [-0.15, -0.1) is 0 Å². The van der Waals surface area contributed by atoms with Crippen molar-refractivity contribution in [1.82, 2.24) is 0 Å². The number of rotatable bonds is 2. The molecule has 2 fully saturated rings. The van der Waals surface area contributed by atoms with Crippen molar-refractivity contribution in [2.75, 3.05) is 0 Å². The highest BCUT2D eigenvalue weighted by molar-refractivity contribution is 5.70. The molecule has 0 amide bonds. The van der Waals surface area contributed by atoms with E-state index in [9.17, 15) is 9.90 Å². The van der Waals surface area contributed by atoms with Crippen molar-refractivity contribution in [2.24, 2.45) is 29.1 Å². The molecular formula is C15H26O2. The van der Waals surface area contributed by atoms with Crippen LogP contribution in [0.5, 0.6) is 0 Å². The molecule has 2 nitrogen and oxygen atoms in total. The van der Waals surface area contributed by atoms with Gasteiger partial charge in [-0.3, -0.25) is 4.79 Å². The van der Waals surface area contributed by atoms with Gasteiger partial charge < -0.3 is 5.11 Å². The van der Waals surface area contributed by atoms with E-state index in [1.807, 2.05) is 0 Å². The predicted octanol–water partition coefficient (Wildman–Crippen LogP) is 3.95. The van der Waals surface area contributed by atoms with E-state index in [1.54, 1.807) is 0 Å². The van der Waals surface area contributed by atoms with Crippen LogP contribution in [0.25, 0.3) is 0 Å². The van der Waals surface area contributed by atoms with Gasteiger partial charge in [-0.25, -0.2) is 0 Å². The molecule has 0 saturated heterocycles. The minimum absolute atomic E-state index is 0.0566. The maximum Gasteiger partial charge on any atom is 0.306 e. The maximum absolute atomic E-state index is 11.4. The summed E-state index contributed by atoms with van der Waals surface area (Å²) < 4.78 is 0. The van der Waals surface area contributed by atoms with Crippen LogP contribution in [-0.4, -0.2) is 11.1 Å². The lowest BCUT2D eigenvalue weighted by Gasteiger charge is -2.45. The fourth-order valence-corrected chi connectivity index (χ4v) is 3.69. The summed E-state index contributed by atoms with van der Waals surface area (Å²) in [5.41, 5.74) is 0.339. The molecule has 0 heterocycles. The molecule has 3 unspecified atom stereocenters. The monoisotopic (exact) mass is 238 g/mol. The minimum Gasteiger partial charge on any atom is -0.481 e. The van der Waals surface area contributed by atoms with Gasteiger partial charge in [0.25, 0.3) is 0 Å². The first-order valence-electron chi connectivity index (χ1n) is 7.12. The minimum atomic E-state index is -0.547. The Morgan fingerprint density at radius 3 is 2.18 bits per heavy atom. The van der Waals surface area contributed by atoms with Crippen molar-refractivity contribution >= 4 is 5.97 Å². The Labute approximate surface area is 105 Å². The standard InChI is InChI=1S/C15H26O2/c1-15(2,3)11-7-8-12(14(16)17)13(9-11)10-5-4-6-10/h10-13H,4-9H2,1-3H3,(H,16,17). The average molecular weight is 238 g/mol. The molecule has 1 N–H and O–H groups in total. The van der Waals surface area contributed by atoms with Gasteiger partial charge in [-0.2, -0.15) is 0 Å². The smallest absolute Gasteiger partial charge is 0.306 e. The van der Waals surface area contributed by atoms with Crippen molar-refractivity contribution in [3.05, 3.63) is 0 Å². The summed E-state index contributed by atoms with van der Waals surface area (Å²) in [5.74, 6) is 1.28. The van der Waals surface area contributed by atoms with Gasteiger partial charge in [-0.1, -0.05) is 40.0 Å². The van der Waals surface area contributed by atoms with Crippen LogP contribution < -0.4 is 0 Å². The SMILES string of the molecule is CC(C)(C)C1CCC(C(=O)O)C(C2CCC2)C1. The molecule has 0 aliphatic heterocycles. The fraction of sp³-hybridized carbons (Fsp3) is 0.933. The van der Waals surface area contributed by atoms with Gasteiger partial charge >= 0.3 is 5.97 Å². The van der Waals surface area contributed by atoms with E-state index in [2.05, 4.69) is 20.8 Å². The Morgan fingerprint density at radius 2 is 1.76 bits per heavy atom. The fourth-order valence-electron chi connectivity index (χ4n) is 3.69. The highest BCUT2D eigenvalue weighted by atomic mass is 16.4. The van der Waals surface area contributed by atoms with Crippen LogP contribution in [-0.2, 0) is 4.79 Å². The van der Waals surface area contributed by atoms with Crippen LogP contribution in [0.1, 0.15) is 59.3 Å². The van der Waals surface area contributed by atoms with E-state index < -0.39 is 5.97 Å². The molecule has 0 aromatic carbocycles. The van der Waals surface area contributed by atoms with Crippen molar-refractivity contribution < 1.29 is 9.90 Å². The summed E-state index contributed by atoms with van der Waals surface area (Å²) in [4.78, 5) is 11.4. The first-order chi connectivity index (χ1) is 7.89. The first kappa shape index (κ1) is 12.9. The Bertz CT molecular complexity index is 286. The van der Waals surface area contributed by atoms with Crippen LogP contribution in [0.4, 0.5) is 0 Å². The first-order valence-corrected chi connectivity index (χ1v) is 7.12. The van der Waals surface area contributed by atoms with Gasteiger partial charge in [0, 0.05) is 0 Å². The van der Waals surface area contributed by atoms with Crippen LogP contribution in [0.15, 0.2) is 0 Å². The van der Waals surface area contributed by atoms with Crippen LogP contribution in [0, 0.1) is 29.1 Å². The molecule has 2 saturated carbocycles. The van der Waals surface area contributed by atoms with Gasteiger partial charge in [0.1, 0.15) is 0 Å². The quantitative estimate of drug-likeness (QED) is 0.791. The zero-order valence-electron chi connectivity index (χ0n) is 11.4. The third kappa shape index (κ3) is 2.66. The number of aliphatic carboxylic acids is 1. The molecule has 2 rings (SSSR count). The summed E-state index contributed by atoms with van der Waals surface area (Å²) in [6, 6.07) is 0.